The maximum atomic E-state index is 14.2. The third-order valence-corrected chi connectivity index (χ3v) is 4.42. The molecular weight excluding hydrogens is 329 g/mol. The summed E-state index contributed by atoms with van der Waals surface area (Å²) in [6.45, 7) is 7.04. The summed E-state index contributed by atoms with van der Waals surface area (Å²) in [6.07, 6.45) is 0.779. The Kier molecular flexibility index (Phi) is 5.54. The van der Waals surface area contributed by atoms with E-state index in [0.717, 1.165) is 17.4 Å². The third-order valence-electron chi connectivity index (χ3n) is 3.73. The fourth-order valence-corrected chi connectivity index (χ4v) is 3.22. The highest BCUT2D eigenvalue weighted by Crippen LogP contribution is 2.29. The van der Waals surface area contributed by atoms with E-state index < -0.39 is 0 Å². The smallest absolute Gasteiger partial charge is 0.129 e. The molecule has 0 aromatic heterocycles. The molecule has 0 spiro atoms. The zero-order chi connectivity index (χ0) is 15.4. The molecular formula is C18H21BrFN. The van der Waals surface area contributed by atoms with E-state index in [0.29, 0.717) is 5.56 Å². The van der Waals surface area contributed by atoms with Gasteiger partial charge in [0.05, 0.1) is 0 Å². The number of hydrogen-bond acceptors (Lipinski definition) is 1. The van der Waals surface area contributed by atoms with Crippen LogP contribution in [0.2, 0.25) is 0 Å². The summed E-state index contributed by atoms with van der Waals surface area (Å²) in [5.41, 5.74) is 4.45. The number of benzene rings is 2. The summed E-state index contributed by atoms with van der Waals surface area (Å²) < 4.78 is 15.1. The minimum atomic E-state index is -0.166. The average molecular weight is 350 g/mol. The summed E-state index contributed by atoms with van der Waals surface area (Å²) in [5.74, 6) is -0.166. The maximum absolute atomic E-state index is 14.2. The van der Waals surface area contributed by atoms with Crippen molar-refractivity contribution >= 4 is 15.9 Å². The summed E-state index contributed by atoms with van der Waals surface area (Å²) in [6, 6.07) is 11.5. The standard InChI is InChI=1S/C18H21BrFN/c1-4-21-17(18-15(19)6-5-7-16(18)20)11-14-10-12(2)8-9-13(14)3/h5-10,17,21H,4,11H2,1-3H3. The molecule has 0 heterocycles. The predicted molar refractivity (Wildman–Crippen MR) is 90.1 cm³/mol. The van der Waals surface area contributed by atoms with Crippen molar-refractivity contribution in [3.63, 3.8) is 0 Å². The molecule has 0 fully saturated rings. The van der Waals surface area contributed by atoms with Gasteiger partial charge in [0.2, 0.25) is 0 Å². The van der Waals surface area contributed by atoms with Crippen molar-refractivity contribution in [2.45, 2.75) is 33.2 Å². The fraction of sp³-hybridized carbons (Fsp3) is 0.333. The van der Waals surface area contributed by atoms with Crippen LogP contribution < -0.4 is 5.32 Å². The van der Waals surface area contributed by atoms with E-state index in [2.05, 4.69) is 53.3 Å². The molecule has 1 atom stereocenters. The molecule has 0 radical (unpaired) electrons. The first kappa shape index (κ1) is 16.2. The predicted octanol–water partition coefficient (Wildman–Crippen LogP) is 5.10. The SMILES string of the molecule is CCNC(Cc1cc(C)ccc1C)c1c(F)cccc1Br. The van der Waals surface area contributed by atoms with Crippen LogP contribution >= 0.6 is 15.9 Å². The Morgan fingerprint density at radius 1 is 1.19 bits per heavy atom. The van der Waals surface area contributed by atoms with E-state index in [1.165, 1.54) is 22.8 Å². The van der Waals surface area contributed by atoms with Crippen molar-refractivity contribution in [3.05, 3.63) is 68.9 Å². The Bertz CT molecular complexity index is 604. The fourth-order valence-electron chi connectivity index (χ4n) is 2.61. The molecule has 1 N–H and O–H groups in total. The molecule has 0 aliphatic heterocycles. The Hall–Kier alpha value is -1.19. The second-order valence-electron chi connectivity index (χ2n) is 5.38. The largest absolute Gasteiger partial charge is 0.310 e. The molecule has 2 rings (SSSR count). The molecule has 1 unspecified atom stereocenters. The van der Waals surface area contributed by atoms with Crippen LogP contribution in [0.25, 0.3) is 0 Å². The first-order valence-electron chi connectivity index (χ1n) is 7.26. The number of hydrogen-bond donors (Lipinski definition) is 1. The van der Waals surface area contributed by atoms with Gasteiger partial charge in [0.1, 0.15) is 5.82 Å². The van der Waals surface area contributed by atoms with E-state index in [9.17, 15) is 4.39 Å². The summed E-state index contributed by atoms with van der Waals surface area (Å²) >= 11 is 3.48. The van der Waals surface area contributed by atoms with Crippen LogP contribution in [0.4, 0.5) is 4.39 Å². The number of likely N-dealkylation sites (N-methyl/N-ethyl adjacent to an activating group) is 1. The van der Waals surface area contributed by atoms with Gasteiger partial charge in [0.25, 0.3) is 0 Å². The van der Waals surface area contributed by atoms with Crippen molar-refractivity contribution in [1.29, 1.82) is 0 Å². The lowest BCUT2D eigenvalue weighted by Gasteiger charge is -2.21. The van der Waals surface area contributed by atoms with Crippen molar-refractivity contribution in [1.82, 2.24) is 5.32 Å². The van der Waals surface area contributed by atoms with Crippen LogP contribution in [-0.4, -0.2) is 6.54 Å². The topological polar surface area (TPSA) is 12.0 Å². The van der Waals surface area contributed by atoms with Crippen molar-refractivity contribution < 1.29 is 4.39 Å². The second-order valence-corrected chi connectivity index (χ2v) is 6.23. The summed E-state index contributed by atoms with van der Waals surface area (Å²) in [7, 11) is 0. The van der Waals surface area contributed by atoms with Crippen LogP contribution in [0.5, 0.6) is 0 Å². The first-order valence-corrected chi connectivity index (χ1v) is 8.05. The van der Waals surface area contributed by atoms with Gasteiger partial charge in [0.15, 0.2) is 0 Å². The van der Waals surface area contributed by atoms with Gasteiger partial charge in [-0.05, 0) is 50.1 Å². The van der Waals surface area contributed by atoms with Crippen LogP contribution in [0, 0.1) is 19.7 Å². The van der Waals surface area contributed by atoms with E-state index in [-0.39, 0.29) is 11.9 Å². The van der Waals surface area contributed by atoms with Gasteiger partial charge in [-0.15, -0.1) is 0 Å². The number of aryl methyl sites for hydroxylation is 2. The van der Waals surface area contributed by atoms with Crippen LogP contribution in [0.1, 0.15) is 35.2 Å². The molecule has 2 aromatic rings. The molecule has 1 nitrogen and oxygen atoms in total. The van der Waals surface area contributed by atoms with Crippen LogP contribution in [-0.2, 0) is 6.42 Å². The molecule has 112 valence electrons. The van der Waals surface area contributed by atoms with Gasteiger partial charge in [-0.1, -0.05) is 52.7 Å². The van der Waals surface area contributed by atoms with Gasteiger partial charge in [-0.25, -0.2) is 4.39 Å². The van der Waals surface area contributed by atoms with Gasteiger partial charge < -0.3 is 5.32 Å². The minimum Gasteiger partial charge on any atom is -0.310 e. The lowest BCUT2D eigenvalue weighted by Crippen LogP contribution is -2.24. The zero-order valence-corrected chi connectivity index (χ0v) is 14.3. The number of rotatable bonds is 5. The molecule has 2 aromatic carbocycles. The lowest BCUT2D eigenvalue weighted by atomic mass is 9.94. The van der Waals surface area contributed by atoms with Crippen LogP contribution in [0.3, 0.4) is 0 Å². The highest BCUT2D eigenvalue weighted by Gasteiger charge is 2.19. The Balaban J connectivity index is 2.38. The molecule has 0 aliphatic rings. The quantitative estimate of drug-likeness (QED) is 0.791. The average Bonchev–Trinajstić information content (AvgIpc) is 2.43. The molecule has 0 bridgehead atoms. The number of nitrogens with one attached hydrogen (secondary N) is 1. The first-order chi connectivity index (χ1) is 10.0. The highest BCUT2D eigenvalue weighted by molar-refractivity contribution is 9.10. The van der Waals surface area contributed by atoms with Crippen molar-refractivity contribution in [2.24, 2.45) is 0 Å². The van der Waals surface area contributed by atoms with Crippen molar-refractivity contribution in [3.8, 4) is 0 Å². The molecule has 0 saturated heterocycles. The van der Waals surface area contributed by atoms with Gasteiger partial charge in [0, 0.05) is 16.1 Å². The van der Waals surface area contributed by atoms with Gasteiger partial charge >= 0.3 is 0 Å². The molecule has 3 heteroatoms. The molecule has 0 saturated carbocycles. The summed E-state index contributed by atoms with van der Waals surface area (Å²) in [4.78, 5) is 0. The monoisotopic (exact) mass is 349 g/mol. The third kappa shape index (κ3) is 3.92. The van der Waals surface area contributed by atoms with Crippen molar-refractivity contribution in [2.75, 3.05) is 6.54 Å². The highest BCUT2D eigenvalue weighted by atomic mass is 79.9. The Labute approximate surface area is 134 Å². The van der Waals surface area contributed by atoms with E-state index in [1.54, 1.807) is 6.07 Å². The van der Waals surface area contributed by atoms with E-state index in [1.807, 2.05) is 13.0 Å². The van der Waals surface area contributed by atoms with E-state index >= 15 is 0 Å². The lowest BCUT2D eigenvalue weighted by molar-refractivity contribution is 0.507. The van der Waals surface area contributed by atoms with E-state index in [4.69, 9.17) is 0 Å². The summed E-state index contributed by atoms with van der Waals surface area (Å²) in [5, 5.41) is 3.41. The molecule has 0 aliphatic carbocycles. The van der Waals surface area contributed by atoms with Gasteiger partial charge in [-0.2, -0.15) is 0 Å². The second kappa shape index (κ2) is 7.19. The zero-order valence-electron chi connectivity index (χ0n) is 12.7. The molecule has 0 amide bonds. The molecule has 21 heavy (non-hydrogen) atoms. The van der Waals surface area contributed by atoms with Crippen LogP contribution in [0.15, 0.2) is 40.9 Å². The van der Waals surface area contributed by atoms with Gasteiger partial charge in [-0.3, -0.25) is 0 Å². The maximum Gasteiger partial charge on any atom is 0.129 e. The Morgan fingerprint density at radius 2 is 1.95 bits per heavy atom. The normalized spacial score (nSPS) is 12.4. The minimum absolute atomic E-state index is 0.0360. The Morgan fingerprint density at radius 3 is 2.62 bits per heavy atom. The number of halogens is 2.